The van der Waals surface area contributed by atoms with Gasteiger partial charge < -0.3 is 4.74 Å². The van der Waals surface area contributed by atoms with Gasteiger partial charge >= 0.3 is 5.97 Å². The lowest BCUT2D eigenvalue weighted by molar-refractivity contribution is -0.163. The Morgan fingerprint density at radius 2 is 2.00 bits per heavy atom. The minimum atomic E-state index is -0.243. The van der Waals surface area contributed by atoms with Crippen molar-refractivity contribution in [2.24, 2.45) is 5.92 Å². The topological polar surface area (TPSA) is 26.3 Å². The van der Waals surface area contributed by atoms with Crippen LogP contribution in [0, 0.1) is 5.92 Å². The fraction of sp³-hybridized carbons (Fsp3) is 0.750. The molecule has 0 spiro atoms. The van der Waals surface area contributed by atoms with Crippen molar-refractivity contribution in [3.8, 4) is 0 Å². The van der Waals surface area contributed by atoms with Crippen LogP contribution in [0.2, 0.25) is 0 Å². The van der Waals surface area contributed by atoms with Gasteiger partial charge in [-0.15, -0.1) is 0 Å². The number of ether oxygens (including phenoxy) is 1. The molecule has 0 aromatic carbocycles. The number of carbonyl (C=O) groups is 1. The van der Waals surface area contributed by atoms with Gasteiger partial charge in [0, 0.05) is 6.08 Å². The van der Waals surface area contributed by atoms with Crippen LogP contribution in [0.5, 0.6) is 0 Å². The van der Waals surface area contributed by atoms with Crippen molar-refractivity contribution in [1.29, 1.82) is 0 Å². The molecule has 0 unspecified atom stereocenters. The van der Waals surface area contributed by atoms with Gasteiger partial charge in [0.05, 0.1) is 0 Å². The summed E-state index contributed by atoms with van der Waals surface area (Å²) in [4.78, 5) is 11.2. The number of carbonyl (C=O) groups excluding carboxylic acids is 1. The molecule has 2 rings (SSSR count). The molecule has 0 atom stereocenters. The Kier molecular flexibility index (Phi) is 2.62. The second kappa shape index (κ2) is 3.76. The van der Waals surface area contributed by atoms with Crippen molar-refractivity contribution in [2.45, 2.75) is 50.5 Å². The summed E-state index contributed by atoms with van der Waals surface area (Å²) in [6.45, 7) is 3.45. The molecular formula is C12H18O2. The van der Waals surface area contributed by atoms with Gasteiger partial charge in [-0.1, -0.05) is 19.4 Å². The van der Waals surface area contributed by atoms with Crippen LogP contribution >= 0.6 is 0 Å². The van der Waals surface area contributed by atoms with Crippen LogP contribution in [-0.2, 0) is 9.53 Å². The lowest BCUT2D eigenvalue weighted by atomic mass is 9.69. The lowest BCUT2D eigenvalue weighted by Crippen LogP contribution is -2.42. The van der Waals surface area contributed by atoms with E-state index in [1.807, 2.05) is 0 Å². The zero-order valence-corrected chi connectivity index (χ0v) is 8.63. The predicted molar refractivity (Wildman–Crippen MR) is 54.8 cm³/mol. The molecule has 14 heavy (non-hydrogen) atoms. The number of fused-ring (bicyclic) bond motifs is 2. The second-order valence-electron chi connectivity index (χ2n) is 4.66. The van der Waals surface area contributed by atoms with E-state index in [9.17, 15) is 4.79 Å². The molecule has 2 heteroatoms. The van der Waals surface area contributed by atoms with Crippen molar-refractivity contribution in [3.63, 3.8) is 0 Å². The zero-order valence-electron chi connectivity index (χ0n) is 8.63. The first-order valence-corrected chi connectivity index (χ1v) is 5.59. The third-order valence-corrected chi connectivity index (χ3v) is 3.63. The van der Waals surface area contributed by atoms with E-state index in [4.69, 9.17) is 4.74 Å². The monoisotopic (exact) mass is 194 g/mol. The number of esters is 1. The van der Waals surface area contributed by atoms with Crippen LogP contribution in [0.4, 0.5) is 0 Å². The quantitative estimate of drug-likeness (QED) is 0.499. The predicted octanol–water partition coefficient (Wildman–Crippen LogP) is 2.83. The maximum absolute atomic E-state index is 11.2. The van der Waals surface area contributed by atoms with Gasteiger partial charge in [0.25, 0.3) is 0 Å². The summed E-state index contributed by atoms with van der Waals surface area (Å²) in [5.74, 6) is 0.558. The Balaban J connectivity index is 2.04. The van der Waals surface area contributed by atoms with Gasteiger partial charge in [-0.3, -0.25) is 0 Å². The average Bonchev–Trinajstić information content (AvgIpc) is 2.17. The maximum Gasteiger partial charge on any atom is 0.330 e. The molecule has 0 amide bonds. The van der Waals surface area contributed by atoms with Crippen LogP contribution < -0.4 is 0 Å². The molecule has 2 aliphatic carbocycles. The summed E-state index contributed by atoms with van der Waals surface area (Å²) < 4.78 is 5.54. The highest BCUT2D eigenvalue weighted by molar-refractivity contribution is 5.81. The van der Waals surface area contributed by atoms with Gasteiger partial charge in [-0.2, -0.15) is 0 Å². The number of hydrogen-bond acceptors (Lipinski definition) is 2. The molecule has 2 bridgehead atoms. The van der Waals surface area contributed by atoms with Gasteiger partial charge in [0.2, 0.25) is 0 Å². The molecule has 0 aromatic rings. The van der Waals surface area contributed by atoms with Crippen molar-refractivity contribution in [3.05, 3.63) is 12.7 Å². The molecular weight excluding hydrogens is 176 g/mol. The molecule has 2 aliphatic rings. The fourth-order valence-electron chi connectivity index (χ4n) is 3.03. The van der Waals surface area contributed by atoms with Crippen molar-refractivity contribution in [2.75, 3.05) is 0 Å². The summed E-state index contributed by atoms with van der Waals surface area (Å²) >= 11 is 0. The highest BCUT2D eigenvalue weighted by Gasteiger charge is 2.41. The van der Waals surface area contributed by atoms with E-state index in [-0.39, 0.29) is 11.6 Å². The molecule has 2 nitrogen and oxygen atoms in total. The average molecular weight is 194 g/mol. The van der Waals surface area contributed by atoms with Crippen LogP contribution in [-0.4, -0.2) is 11.6 Å². The smallest absolute Gasteiger partial charge is 0.330 e. The summed E-state index contributed by atoms with van der Waals surface area (Å²) in [6, 6.07) is 0. The van der Waals surface area contributed by atoms with E-state index in [0.29, 0.717) is 0 Å². The minimum absolute atomic E-state index is 0.119. The summed E-state index contributed by atoms with van der Waals surface area (Å²) in [5, 5.41) is 0. The minimum Gasteiger partial charge on any atom is -0.456 e. The van der Waals surface area contributed by atoms with Gasteiger partial charge in [0.15, 0.2) is 0 Å². The largest absolute Gasteiger partial charge is 0.456 e. The molecule has 0 saturated heterocycles. The van der Waals surface area contributed by atoms with Gasteiger partial charge in [-0.25, -0.2) is 4.79 Å². The first-order chi connectivity index (χ1) is 6.74. The first-order valence-electron chi connectivity index (χ1n) is 5.59. The Labute approximate surface area is 85.3 Å². The Morgan fingerprint density at radius 3 is 2.57 bits per heavy atom. The van der Waals surface area contributed by atoms with Crippen molar-refractivity contribution >= 4 is 5.97 Å². The summed E-state index contributed by atoms with van der Waals surface area (Å²) in [5.41, 5.74) is -0.119. The molecule has 78 valence electrons. The summed E-state index contributed by atoms with van der Waals surface area (Å²) in [6.07, 6.45) is 9.58. The Bertz CT molecular complexity index is 235. The van der Waals surface area contributed by atoms with Crippen LogP contribution in [0.25, 0.3) is 0 Å². The third-order valence-electron chi connectivity index (χ3n) is 3.63. The normalized spacial score (nSPS) is 36.1. The van der Waals surface area contributed by atoms with E-state index in [1.165, 1.54) is 31.8 Å². The molecule has 0 heterocycles. The van der Waals surface area contributed by atoms with Gasteiger partial charge in [-0.05, 0) is 38.0 Å². The highest BCUT2D eigenvalue weighted by atomic mass is 16.6. The molecule has 2 saturated carbocycles. The molecule has 0 aliphatic heterocycles. The standard InChI is InChI=1S/C12H18O2/c1-2-11(13)14-12-7-3-5-10(9-12)6-4-8-12/h2,10H,1,3-9H2. The summed E-state index contributed by atoms with van der Waals surface area (Å²) in [7, 11) is 0. The van der Waals surface area contributed by atoms with E-state index < -0.39 is 0 Å². The number of hydrogen-bond donors (Lipinski definition) is 0. The van der Waals surface area contributed by atoms with E-state index in [2.05, 4.69) is 6.58 Å². The van der Waals surface area contributed by atoms with Crippen LogP contribution in [0.15, 0.2) is 12.7 Å². The lowest BCUT2D eigenvalue weighted by Gasteiger charge is -2.44. The maximum atomic E-state index is 11.2. The fourth-order valence-corrected chi connectivity index (χ4v) is 3.03. The van der Waals surface area contributed by atoms with Crippen molar-refractivity contribution < 1.29 is 9.53 Å². The van der Waals surface area contributed by atoms with Crippen LogP contribution in [0.1, 0.15) is 44.9 Å². The number of rotatable bonds is 2. The molecule has 0 N–H and O–H groups in total. The van der Waals surface area contributed by atoms with Gasteiger partial charge in [0.1, 0.15) is 5.60 Å². The first kappa shape index (κ1) is 9.75. The molecule has 0 aromatic heterocycles. The SMILES string of the molecule is C=CC(=O)OC12CCCC(CCC1)C2. The molecule has 2 fully saturated rings. The third kappa shape index (κ3) is 1.84. The van der Waals surface area contributed by atoms with E-state index >= 15 is 0 Å². The zero-order chi connectivity index (χ0) is 10.0. The van der Waals surface area contributed by atoms with E-state index in [1.54, 1.807) is 0 Å². The van der Waals surface area contributed by atoms with E-state index in [0.717, 1.165) is 25.2 Å². The van der Waals surface area contributed by atoms with Crippen LogP contribution in [0.3, 0.4) is 0 Å². The molecule has 0 radical (unpaired) electrons. The Morgan fingerprint density at radius 1 is 1.36 bits per heavy atom. The second-order valence-corrected chi connectivity index (χ2v) is 4.66. The Hall–Kier alpha value is -0.790. The van der Waals surface area contributed by atoms with Crippen molar-refractivity contribution in [1.82, 2.24) is 0 Å². The highest BCUT2D eigenvalue weighted by Crippen LogP contribution is 2.45.